The highest BCUT2D eigenvalue weighted by Crippen LogP contribution is 2.37. The fraction of sp³-hybridized carbons (Fsp3) is 0.308. The Labute approximate surface area is 114 Å². The maximum atomic E-state index is 12.0. The maximum Gasteiger partial charge on any atom is 0.350 e. The van der Waals surface area contributed by atoms with Gasteiger partial charge in [-0.2, -0.15) is 0 Å². The van der Waals surface area contributed by atoms with Gasteiger partial charge < -0.3 is 10.5 Å². The lowest BCUT2D eigenvalue weighted by molar-refractivity contribution is 0.00755. The van der Waals surface area contributed by atoms with Crippen LogP contribution in [0.5, 0.6) is 0 Å². The molecule has 0 radical (unpaired) electrons. The molecular formula is C13H14ClNO2S. The molecule has 0 bridgehead atoms. The lowest BCUT2D eigenvalue weighted by atomic mass is 10.2. The summed E-state index contributed by atoms with van der Waals surface area (Å²) in [4.78, 5) is 12.4. The van der Waals surface area contributed by atoms with Crippen LogP contribution < -0.4 is 5.73 Å². The fourth-order valence-electron chi connectivity index (χ4n) is 1.54. The predicted molar refractivity (Wildman–Crippen MR) is 76.4 cm³/mol. The van der Waals surface area contributed by atoms with Crippen molar-refractivity contribution in [2.75, 3.05) is 5.73 Å². The van der Waals surface area contributed by atoms with Gasteiger partial charge in [-0.1, -0.05) is 11.6 Å². The van der Waals surface area contributed by atoms with Crippen LogP contribution in [0.3, 0.4) is 0 Å². The van der Waals surface area contributed by atoms with Crippen molar-refractivity contribution in [1.29, 1.82) is 0 Å². The molecule has 2 aromatic rings. The topological polar surface area (TPSA) is 52.3 Å². The first-order chi connectivity index (χ1) is 8.28. The zero-order valence-electron chi connectivity index (χ0n) is 10.4. The number of benzene rings is 1. The van der Waals surface area contributed by atoms with Crippen molar-refractivity contribution in [2.45, 2.75) is 26.4 Å². The number of nitrogens with two attached hydrogens (primary N) is 1. The summed E-state index contributed by atoms with van der Waals surface area (Å²) >= 11 is 7.50. The highest BCUT2D eigenvalue weighted by atomic mass is 35.5. The molecule has 2 rings (SSSR count). The molecule has 0 spiro atoms. The minimum Gasteiger partial charge on any atom is -0.456 e. The van der Waals surface area contributed by atoms with E-state index >= 15 is 0 Å². The monoisotopic (exact) mass is 283 g/mol. The number of halogens is 1. The normalized spacial score (nSPS) is 11.8. The highest BCUT2D eigenvalue weighted by molar-refractivity contribution is 7.21. The number of carbonyl (C=O) groups is 1. The van der Waals surface area contributed by atoms with E-state index in [0.29, 0.717) is 15.6 Å². The van der Waals surface area contributed by atoms with E-state index < -0.39 is 11.6 Å². The van der Waals surface area contributed by atoms with Gasteiger partial charge in [-0.3, -0.25) is 0 Å². The molecule has 0 aliphatic carbocycles. The van der Waals surface area contributed by atoms with Gasteiger partial charge in [0.25, 0.3) is 0 Å². The second-order valence-corrected chi connectivity index (χ2v) is 6.43. The van der Waals surface area contributed by atoms with Gasteiger partial charge >= 0.3 is 5.97 Å². The molecule has 0 fully saturated rings. The molecule has 1 aromatic heterocycles. The van der Waals surface area contributed by atoms with Crippen LogP contribution in [0, 0.1) is 0 Å². The molecule has 2 N–H and O–H groups in total. The van der Waals surface area contributed by atoms with Gasteiger partial charge in [0, 0.05) is 15.8 Å². The first kappa shape index (κ1) is 13.2. The molecule has 5 heteroatoms. The zero-order valence-corrected chi connectivity index (χ0v) is 12.0. The van der Waals surface area contributed by atoms with Crippen LogP contribution in [-0.2, 0) is 4.74 Å². The third-order valence-electron chi connectivity index (χ3n) is 2.24. The molecule has 96 valence electrons. The van der Waals surface area contributed by atoms with Crippen molar-refractivity contribution < 1.29 is 9.53 Å². The molecule has 3 nitrogen and oxygen atoms in total. The highest BCUT2D eigenvalue weighted by Gasteiger charge is 2.23. The van der Waals surface area contributed by atoms with Crippen LogP contribution >= 0.6 is 22.9 Å². The zero-order chi connectivity index (χ0) is 13.5. The van der Waals surface area contributed by atoms with Crippen LogP contribution in [0.15, 0.2) is 18.2 Å². The molecular weight excluding hydrogens is 270 g/mol. The number of anilines is 1. The Morgan fingerprint density at radius 1 is 1.39 bits per heavy atom. The summed E-state index contributed by atoms with van der Waals surface area (Å²) in [6.45, 7) is 5.47. The number of hydrogen-bond donors (Lipinski definition) is 1. The summed E-state index contributed by atoms with van der Waals surface area (Å²) in [5, 5.41) is 1.26. The van der Waals surface area contributed by atoms with Gasteiger partial charge in [-0.05, 0) is 39.0 Å². The van der Waals surface area contributed by atoms with E-state index in [9.17, 15) is 4.79 Å². The average Bonchev–Trinajstić information content (AvgIpc) is 2.53. The summed E-state index contributed by atoms with van der Waals surface area (Å²) < 4.78 is 6.21. The van der Waals surface area contributed by atoms with Gasteiger partial charge in [0.2, 0.25) is 0 Å². The third kappa shape index (κ3) is 2.60. The lowest BCUT2D eigenvalue weighted by Crippen LogP contribution is -2.23. The minimum atomic E-state index is -0.532. The van der Waals surface area contributed by atoms with Crippen molar-refractivity contribution in [3.63, 3.8) is 0 Å². The molecule has 0 unspecified atom stereocenters. The van der Waals surface area contributed by atoms with Crippen LogP contribution in [0.4, 0.5) is 5.69 Å². The standard InChI is InChI=1S/C13H14ClNO2S/c1-13(2,3)17-12(16)11-10(14)8-5-4-7(15)6-9(8)18-11/h4-6H,15H2,1-3H3. The van der Waals surface area contributed by atoms with E-state index in [1.807, 2.05) is 26.8 Å². The Morgan fingerprint density at radius 3 is 2.67 bits per heavy atom. The lowest BCUT2D eigenvalue weighted by Gasteiger charge is -2.18. The number of nitrogen functional groups attached to an aromatic ring is 1. The first-order valence-electron chi connectivity index (χ1n) is 5.49. The molecule has 0 amide bonds. The summed E-state index contributed by atoms with van der Waals surface area (Å²) in [5.41, 5.74) is 5.83. The van der Waals surface area contributed by atoms with Gasteiger partial charge in [0.05, 0.1) is 5.02 Å². The van der Waals surface area contributed by atoms with Crippen molar-refractivity contribution >= 4 is 44.7 Å². The Balaban J connectivity index is 2.46. The quantitative estimate of drug-likeness (QED) is 0.633. The van der Waals surface area contributed by atoms with E-state index in [4.69, 9.17) is 22.1 Å². The molecule has 0 aliphatic heterocycles. The molecule has 0 atom stereocenters. The predicted octanol–water partition coefficient (Wildman–Crippen LogP) is 4.09. The summed E-state index contributed by atoms with van der Waals surface area (Å²) in [5.74, 6) is -0.396. The first-order valence-corrected chi connectivity index (χ1v) is 6.68. The number of ether oxygens (including phenoxy) is 1. The second kappa shape index (κ2) is 4.44. The van der Waals surface area contributed by atoms with Crippen molar-refractivity contribution in [1.82, 2.24) is 0 Å². The van der Waals surface area contributed by atoms with Crippen molar-refractivity contribution in [3.8, 4) is 0 Å². The Morgan fingerprint density at radius 2 is 2.06 bits per heavy atom. The average molecular weight is 284 g/mol. The third-order valence-corrected chi connectivity index (χ3v) is 3.88. The van der Waals surface area contributed by atoms with E-state index in [0.717, 1.165) is 10.1 Å². The van der Waals surface area contributed by atoms with Gasteiger partial charge in [0.15, 0.2) is 0 Å². The van der Waals surface area contributed by atoms with Gasteiger partial charge in [0.1, 0.15) is 10.5 Å². The van der Waals surface area contributed by atoms with Gasteiger partial charge in [-0.25, -0.2) is 4.79 Å². The van der Waals surface area contributed by atoms with E-state index in [-0.39, 0.29) is 0 Å². The smallest absolute Gasteiger partial charge is 0.350 e. The summed E-state index contributed by atoms with van der Waals surface area (Å²) in [6, 6.07) is 5.39. The van der Waals surface area contributed by atoms with E-state index in [2.05, 4.69) is 0 Å². The van der Waals surface area contributed by atoms with E-state index in [1.54, 1.807) is 12.1 Å². The number of rotatable bonds is 1. The van der Waals surface area contributed by atoms with Crippen molar-refractivity contribution in [3.05, 3.63) is 28.1 Å². The number of hydrogen-bond acceptors (Lipinski definition) is 4. The fourth-order valence-corrected chi connectivity index (χ4v) is 2.97. The molecule has 0 saturated carbocycles. The van der Waals surface area contributed by atoms with Crippen LogP contribution in [-0.4, -0.2) is 11.6 Å². The molecule has 1 heterocycles. The molecule has 0 saturated heterocycles. The van der Waals surface area contributed by atoms with Crippen LogP contribution in [0.2, 0.25) is 5.02 Å². The Hall–Kier alpha value is -1.26. The number of carbonyl (C=O) groups excluding carboxylic acids is 1. The SMILES string of the molecule is CC(C)(C)OC(=O)c1sc2cc(N)ccc2c1Cl. The molecule has 18 heavy (non-hydrogen) atoms. The minimum absolute atomic E-state index is 0.396. The summed E-state index contributed by atoms with van der Waals surface area (Å²) in [7, 11) is 0. The second-order valence-electron chi connectivity index (χ2n) is 5.00. The van der Waals surface area contributed by atoms with Crippen LogP contribution in [0.25, 0.3) is 10.1 Å². The van der Waals surface area contributed by atoms with Crippen LogP contribution in [0.1, 0.15) is 30.4 Å². The maximum absolute atomic E-state index is 12.0. The number of thiophene rings is 1. The largest absolute Gasteiger partial charge is 0.456 e. The number of fused-ring (bicyclic) bond motifs is 1. The Kier molecular flexibility index (Phi) is 3.25. The summed E-state index contributed by atoms with van der Waals surface area (Å²) in [6.07, 6.45) is 0. The van der Waals surface area contributed by atoms with Crippen molar-refractivity contribution in [2.24, 2.45) is 0 Å². The molecule has 0 aliphatic rings. The van der Waals surface area contributed by atoms with E-state index in [1.165, 1.54) is 11.3 Å². The van der Waals surface area contributed by atoms with Gasteiger partial charge in [-0.15, -0.1) is 11.3 Å². The Bertz CT molecular complexity index is 613. The molecule has 1 aromatic carbocycles. The number of esters is 1.